The van der Waals surface area contributed by atoms with Crippen molar-refractivity contribution in [2.75, 3.05) is 37.9 Å². The molecule has 0 heterocycles. The number of nitrogens with one attached hydrogen (secondary N) is 1. The van der Waals surface area contributed by atoms with Gasteiger partial charge >= 0.3 is 0 Å². The highest BCUT2D eigenvalue weighted by molar-refractivity contribution is 7.92. The molecule has 0 aromatic heterocycles. The van der Waals surface area contributed by atoms with Crippen molar-refractivity contribution in [2.45, 2.75) is 32.7 Å². The minimum Gasteiger partial charge on any atom is -0.497 e. The van der Waals surface area contributed by atoms with Crippen molar-refractivity contribution in [1.29, 1.82) is 0 Å². The molecule has 176 valence electrons. The van der Waals surface area contributed by atoms with Crippen molar-refractivity contribution >= 4 is 21.6 Å². The number of hydrogen-bond donors (Lipinski definition) is 1. The zero-order chi connectivity index (χ0) is 23.7. The number of amides is 1. The first kappa shape index (κ1) is 25.3. The number of anilines is 1. The minimum absolute atomic E-state index is 0.178. The van der Waals surface area contributed by atoms with Crippen LogP contribution < -0.4 is 23.8 Å². The van der Waals surface area contributed by atoms with E-state index in [-0.39, 0.29) is 24.9 Å². The summed E-state index contributed by atoms with van der Waals surface area (Å²) in [7, 11) is -0.347. The van der Waals surface area contributed by atoms with E-state index in [0.29, 0.717) is 36.0 Å². The third-order valence-electron chi connectivity index (χ3n) is 4.88. The molecule has 0 bridgehead atoms. The van der Waals surface area contributed by atoms with Gasteiger partial charge in [0.25, 0.3) is 0 Å². The Labute approximate surface area is 190 Å². The second-order valence-corrected chi connectivity index (χ2v) is 9.17. The molecule has 2 rings (SSSR count). The number of sulfonamides is 1. The third kappa shape index (κ3) is 7.05. The van der Waals surface area contributed by atoms with Gasteiger partial charge in [0.2, 0.25) is 15.9 Å². The van der Waals surface area contributed by atoms with Crippen molar-refractivity contribution in [3.8, 4) is 17.2 Å². The molecule has 1 N–H and O–H groups in total. The first-order valence-corrected chi connectivity index (χ1v) is 12.3. The van der Waals surface area contributed by atoms with Crippen molar-refractivity contribution in [2.24, 2.45) is 0 Å². The molecule has 9 heteroatoms. The van der Waals surface area contributed by atoms with Crippen molar-refractivity contribution in [3.05, 3.63) is 48.0 Å². The van der Waals surface area contributed by atoms with Crippen molar-refractivity contribution in [1.82, 2.24) is 5.32 Å². The molecule has 0 aliphatic rings. The Morgan fingerprint density at radius 1 is 1.06 bits per heavy atom. The molecule has 0 unspecified atom stereocenters. The Morgan fingerprint density at radius 3 is 2.28 bits per heavy atom. The molecule has 0 aliphatic carbocycles. The highest BCUT2D eigenvalue weighted by atomic mass is 32.2. The molecule has 1 amide bonds. The summed E-state index contributed by atoms with van der Waals surface area (Å²) in [5.41, 5.74) is 1.33. The number of methoxy groups -OCH3 is 2. The van der Waals surface area contributed by atoms with Gasteiger partial charge in [0.1, 0.15) is 17.2 Å². The Bertz CT molecular complexity index is 992. The Balaban J connectivity index is 1.99. The number of benzene rings is 2. The predicted molar refractivity (Wildman–Crippen MR) is 125 cm³/mol. The molecule has 2 aromatic rings. The molecular formula is C23H32N2O6S. The summed E-state index contributed by atoms with van der Waals surface area (Å²) >= 11 is 0. The van der Waals surface area contributed by atoms with Crippen LogP contribution in [0.2, 0.25) is 0 Å². The van der Waals surface area contributed by atoms with E-state index < -0.39 is 10.0 Å². The first-order valence-electron chi connectivity index (χ1n) is 10.4. The molecule has 1 atom stereocenters. The fourth-order valence-electron chi connectivity index (χ4n) is 3.31. The van der Waals surface area contributed by atoms with Crippen LogP contribution in [-0.4, -0.2) is 48.0 Å². The van der Waals surface area contributed by atoms with E-state index in [1.807, 2.05) is 19.9 Å². The van der Waals surface area contributed by atoms with Gasteiger partial charge < -0.3 is 19.5 Å². The standard InChI is InChI=1S/C23H32N2O6S/c1-6-31-19-11-9-18(10-12-19)25(32(5,27)28)15-7-8-23(26)24-17(2)21-16-20(29-3)13-14-22(21)30-4/h9-14,16-17H,6-8,15H2,1-5H3,(H,24,26)/t17-/m1/s1. The molecule has 0 aliphatic heterocycles. The highest BCUT2D eigenvalue weighted by Gasteiger charge is 2.19. The first-order chi connectivity index (χ1) is 15.2. The van der Waals surface area contributed by atoms with E-state index in [2.05, 4.69) is 5.32 Å². The van der Waals surface area contributed by atoms with Crippen LogP contribution in [0.25, 0.3) is 0 Å². The molecular weight excluding hydrogens is 432 g/mol. The molecule has 0 saturated carbocycles. The Hall–Kier alpha value is -2.94. The van der Waals surface area contributed by atoms with Crippen molar-refractivity contribution < 1.29 is 27.4 Å². The number of rotatable bonds is 12. The topological polar surface area (TPSA) is 94.2 Å². The van der Waals surface area contributed by atoms with Crippen LogP contribution in [0.15, 0.2) is 42.5 Å². The van der Waals surface area contributed by atoms with Crippen LogP contribution >= 0.6 is 0 Å². The predicted octanol–water partition coefficient (Wildman–Crippen LogP) is 3.53. The van der Waals surface area contributed by atoms with Gasteiger partial charge in [-0.2, -0.15) is 0 Å². The zero-order valence-electron chi connectivity index (χ0n) is 19.3. The van der Waals surface area contributed by atoms with Gasteiger partial charge in [-0.25, -0.2) is 8.42 Å². The SMILES string of the molecule is CCOc1ccc(N(CCCC(=O)N[C@H](C)c2cc(OC)ccc2OC)S(C)(=O)=O)cc1. The number of carbonyl (C=O) groups is 1. The van der Waals surface area contributed by atoms with Crippen LogP contribution in [0.4, 0.5) is 5.69 Å². The fraction of sp³-hybridized carbons (Fsp3) is 0.435. The fourth-order valence-corrected chi connectivity index (χ4v) is 4.28. The van der Waals surface area contributed by atoms with Crippen LogP contribution in [0.3, 0.4) is 0 Å². The largest absolute Gasteiger partial charge is 0.497 e. The number of hydrogen-bond acceptors (Lipinski definition) is 6. The van der Waals surface area contributed by atoms with Crippen LogP contribution in [0, 0.1) is 0 Å². The van der Waals surface area contributed by atoms with Crippen LogP contribution in [0.5, 0.6) is 17.2 Å². The van der Waals surface area contributed by atoms with E-state index >= 15 is 0 Å². The summed E-state index contributed by atoms with van der Waals surface area (Å²) in [6, 6.07) is 12.0. The van der Waals surface area contributed by atoms with E-state index in [9.17, 15) is 13.2 Å². The summed E-state index contributed by atoms with van der Waals surface area (Å²) < 4.78 is 41.9. The lowest BCUT2D eigenvalue weighted by Crippen LogP contribution is -2.32. The number of nitrogens with zero attached hydrogens (tertiary/aromatic N) is 1. The van der Waals surface area contributed by atoms with E-state index in [1.165, 1.54) is 4.31 Å². The average molecular weight is 465 g/mol. The maximum absolute atomic E-state index is 12.5. The maximum atomic E-state index is 12.5. The summed E-state index contributed by atoms with van der Waals surface area (Å²) in [4.78, 5) is 12.5. The van der Waals surface area contributed by atoms with Gasteiger partial charge in [-0.3, -0.25) is 9.10 Å². The minimum atomic E-state index is -3.49. The molecule has 0 radical (unpaired) electrons. The lowest BCUT2D eigenvalue weighted by atomic mass is 10.1. The molecule has 0 fully saturated rings. The van der Waals surface area contributed by atoms with Gasteiger partial charge in [-0.05, 0) is 62.7 Å². The van der Waals surface area contributed by atoms with Crippen LogP contribution in [0.1, 0.15) is 38.3 Å². The van der Waals surface area contributed by atoms with E-state index in [0.717, 1.165) is 11.8 Å². The lowest BCUT2D eigenvalue weighted by molar-refractivity contribution is -0.121. The van der Waals surface area contributed by atoms with Gasteiger partial charge in [0.05, 0.1) is 38.8 Å². The van der Waals surface area contributed by atoms with Crippen molar-refractivity contribution in [3.63, 3.8) is 0 Å². The summed E-state index contributed by atoms with van der Waals surface area (Å²) in [5, 5.41) is 2.94. The monoisotopic (exact) mass is 464 g/mol. The molecule has 0 saturated heterocycles. The number of carbonyl (C=O) groups excluding carboxylic acids is 1. The van der Waals surface area contributed by atoms with Gasteiger partial charge in [0, 0.05) is 18.5 Å². The quantitative estimate of drug-likeness (QED) is 0.517. The number of ether oxygens (including phenoxy) is 3. The Morgan fingerprint density at radius 2 is 1.72 bits per heavy atom. The van der Waals surface area contributed by atoms with Crippen LogP contribution in [-0.2, 0) is 14.8 Å². The normalized spacial score (nSPS) is 12.0. The molecule has 2 aromatic carbocycles. The zero-order valence-corrected chi connectivity index (χ0v) is 20.1. The summed E-state index contributed by atoms with van der Waals surface area (Å²) in [6.07, 6.45) is 1.70. The highest BCUT2D eigenvalue weighted by Crippen LogP contribution is 2.29. The summed E-state index contributed by atoms with van der Waals surface area (Å²) in [6.45, 7) is 4.46. The van der Waals surface area contributed by atoms with Gasteiger partial charge in [-0.1, -0.05) is 0 Å². The second-order valence-electron chi connectivity index (χ2n) is 7.26. The maximum Gasteiger partial charge on any atom is 0.232 e. The Kier molecular flexibility index (Phi) is 9.19. The average Bonchev–Trinajstić information content (AvgIpc) is 2.76. The summed E-state index contributed by atoms with van der Waals surface area (Å²) in [5.74, 6) is 1.81. The third-order valence-corrected chi connectivity index (χ3v) is 6.08. The lowest BCUT2D eigenvalue weighted by Gasteiger charge is -2.23. The molecule has 0 spiro atoms. The molecule has 8 nitrogen and oxygen atoms in total. The second kappa shape index (κ2) is 11.6. The van der Waals surface area contributed by atoms with E-state index in [1.54, 1.807) is 50.6 Å². The smallest absolute Gasteiger partial charge is 0.232 e. The van der Waals surface area contributed by atoms with Gasteiger partial charge in [0.15, 0.2) is 0 Å². The molecule has 32 heavy (non-hydrogen) atoms. The van der Waals surface area contributed by atoms with Gasteiger partial charge in [-0.15, -0.1) is 0 Å². The van der Waals surface area contributed by atoms with E-state index in [4.69, 9.17) is 14.2 Å².